The average molecular weight is 257 g/mol. The van der Waals surface area contributed by atoms with Crippen LogP contribution in [0.3, 0.4) is 0 Å². The molecule has 0 bridgehead atoms. The molecular formula is C12H16FNO4. The maximum Gasteiger partial charge on any atom is 0.174 e. The van der Waals surface area contributed by atoms with E-state index in [-0.39, 0.29) is 23.6 Å². The molecule has 1 atom stereocenters. The van der Waals surface area contributed by atoms with Gasteiger partial charge in [-0.3, -0.25) is 0 Å². The lowest BCUT2D eigenvalue weighted by Gasteiger charge is -2.24. The van der Waals surface area contributed by atoms with Crippen molar-refractivity contribution >= 4 is 0 Å². The summed E-state index contributed by atoms with van der Waals surface area (Å²) >= 11 is 0. The lowest BCUT2D eigenvalue weighted by atomic mass is 10.1. The fourth-order valence-electron chi connectivity index (χ4n) is 1.91. The van der Waals surface area contributed by atoms with E-state index in [4.69, 9.17) is 14.2 Å². The van der Waals surface area contributed by atoms with Crippen LogP contribution in [0.15, 0.2) is 6.07 Å². The lowest BCUT2D eigenvalue weighted by molar-refractivity contribution is 0.140. The first-order chi connectivity index (χ1) is 8.69. The van der Waals surface area contributed by atoms with Crippen LogP contribution in [0.2, 0.25) is 0 Å². The number of methoxy groups -OCH3 is 1. The summed E-state index contributed by atoms with van der Waals surface area (Å²) in [5, 5.41) is 12.8. The highest BCUT2D eigenvalue weighted by Gasteiger charge is 2.28. The molecule has 1 aromatic rings. The van der Waals surface area contributed by atoms with Gasteiger partial charge in [0.15, 0.2) is 23.1 Å². The maximum absolute atomic E-state index is 14.2. The molecule has 1 aliphatic heterocycles. The number of fused-ring (bicyclic) bond motifs is 1. The summed E-state index contributed by atoms with van der Waals surface area (Å²) in [6.45, 7) is 0.932. The van der Waals surface area contributed by atoms with E-state index in [1.165, 1.54) is 13.2 Å². The van der Waals surface area contributed by atoms with Crippen molar-refractivity contribution in [2.45, 2.75) is 6.10 Å². The molecule has 0 aromatic heterocycles. The predicted octanol–water partition coefficient (Wildman–Crippen LogP) is 0.858. The monoisotopic (exact) mass is 257 g/mol. The minimum Gasteiger partial charge on any atom is -0.494 e. The van der Waals surface area contributed by atoms with Crippen LogP contribution in [0.25, 0.3) is 0 Å². The molecule has 100 valence electrons. The third-order valence-electron chi connectivity index (χ3n) is 2.72. The van der Waals surface area contributed by atoms with E-state index in [0.717, 1.165) is 0 Å². The van der Waals surface area contributed by atoms with Crippen molar-refractivity contribution in [3.63, 3.8) is 0 Å². The quantitative estimate of drug-likeness (QED) is 0.837. The van der Waals surface area contributed by atoms with Gasteiger partial charge in [-0.25, -0.2) is 4.39 Å². The molecule has 0 spiro atoms. The van der Waals surface area contributed by atoms with E-state index in [0.29, 0.717) is 19.0 Å². The summed E-state index contributed by atoms with van der Waals surface area (Å²) in [7, 11) is 3.04. The van der Waals surface area contributed by atoms with Gasteiger partial charge in [-0.15, -0.1) is 0 Å². The molecule has 0 saturated carbocycles. The second kappa shape index (κ2) is 5.41. The van der Waals surface area contributed by atoms with Crippen molar-refractivity contribution in [2.24, 2.45) is 0 Å². The number of benzene rings is 1. The van der Waals surface area contributed by atoms with Gasteiger partial charge in [0.25, 0.3) is 0 Å². The van der Waals surface area contributed by atoms with Crippen LogP contribution < -0.4 is 19.5 Å². The molecule has 5 nitrogen and oxygen atoms in total. The summed E-state index contributed by atoms with van der Waals surface area (Å²) in [4.78, 5) is 0. The average Bonchev–Trinajstić information content (AvgIpc) is 2.38. The lowest BCUT2D eigenvalue weighted by Crippen LogP contribution is -2.22. The highest BCUT2D eigenvalue weighted by atomic mass is 19.1. The van der Waals surface area contributed by atoms with Crippen LogP contribution in [0.5, 0.6) is 17.2 Å². The van der Waals surface area contributed by atoms with E-state index >= 15 is 0 Å². The van der Waals surface area contributed by atoms with Gasteiger partial charge in [0, 0.05) is 12.6 Å². The molecular weight excluding hydrogens is 241 g/mol. The molecule has 0 amide bonds. The van der Waals surface area contributed by atoms with Crippen LogP contribution in [0.1, 0.15) is 11.7 Å². The van der Waals surface area contributed by atoms with Gasteiger partial charge in [-0.05, 0) is 7.05 Å². The van der Waals surface area contributed by atoms with E-state index in [1.54, 1.807) is 7.05 Å². The van der Waals surface area contributed by atoms with E-state index in [1.807, 2.05) is 0 Å². The van der Waals surface area contributed by atoms with Crippen molar-refractivity contribution in [3.8, 4) is 17.2 Å². The maximum atomic E-state index is 14.2. The summed E-state index contributed by atoms with van der Waals surface area (Å²) in [6.07, 6.45) is -1.03. The molecule has 0 fully saturated rings. The fourth-order valence-corrected chi connectivity index (χ4v) is 1.91. The topological polar surface area (TPSA) is 60.0 Å². The van der Waals surface area contributed by atoms with Gasteiger partial charge in [0.2, 0.25) is 0 Å². The Bertz CT molecular complexity index is 439. The molecule has 18 heavy (non-hydrogen) atoms. The Kier molecular flexibility index (Phi) is 3.88. The first-order valence-corrected chi connectivity index (χ1v) is 5.67. The summed E-state index contributed by atoms with van der Waals surface area (Å²) in [6, 6.07) is 1.43. The van der Waals surface area contributed by atoms with Crippen LogP contribution in [-0.2, 0) is 0 Å². The second-order valence-corrected chi connectivity index (χ2v) is 3.90. The number of hydrogen-bond donors (Lipinski definition) is 2. The Hall–Kier alpha value is -1.53. The first kappa shape index (κ1) is 12.9. The van der Waals surface area contributed by atoms with Crippen LogP contribution in [-0.4, -0.2) is 39.0 Å². The van der Waals surface area contributed by atoms with E-state index in [9.17, 15) is 9.50 Å². The molecule has 1 aromatic carbocycles. The normalized spacial score (nSPS) is 15.3. The van der Waals surface area contributed by atoms with E-state index in [2.05, 4.69) is 5.32 Å². The Morgan fingerprint density at radius 3 is 2.89 bits per heavy atom. The Morgan fingerprint density at radius 2 is 2.22 bits per heavy atom. The molecule has 1 aliphatic rings. The van der Waals surface area contributed by atoms with Crippen molar-refractivity contribution in [1.82, 2.24) is 5.32 Å². The van der Waals surface area contributed by atoms with Gasteiger partial charge in [-0.2, -0.15) is 0 Å². The Balaban J connectivity index is 2.52. The summed E-state index contributed by atoms with van der Waals surface area (Å²) in [5.74, 6) is 0.0563. The van der Waals surface area contributed by atoms with Crippen LogP contribution in [0.4, 0.5) is 4.39 Å². The number of aliphatic hydroxyl groups is 1. The molecule has 0 aliphatic carbocycles. The highest BCUT2D eigenvalue weighted by molar-refractivity contribution is 5.54. The summed E-state index contributed by atoms with van der Waals surface area (Å²) < 4.78 is 29.9. The standard InChI is InChI=1S/C12H16FNO4/c1-14-6-7(15)10-11(13)8(16-2)5-9-12(10)18-4-3-17-9/h5,7,14-15H,3-4,6H2,1-2H3. The van der Waals surface area contributed by atoms with Gasteiger partial charge >= 0.3 is 0 Å². The van der Waals surface area contributed by atoms with Gasteiger partial charge < -0.3 is 24.6 Å². The van der Waals surface area contributed by atoms with Gasteiger partial charge in [0.1, 0.15) is 13.2 Å². The molecule has 1 heterocycles. The van der Waals surface area contributed by atoms with Crippen LogP contribution in [0, 0.1) is 5.82 Å². The zero-order valence-electron chi connectivity index (χ0n) is 10.3. The van der Waals surface area contributed by atoms with Gasteiger partial charge in [0.05, 0.1) is 18.8 Å². The van der Waals surface area contributed by atoms with Crippen molar-refractivity contribution in [3.05, 3.63) is 17.4 Å². The molecule has 2 rings (SSSR count). The number of nitrogens with one attached hydrogen (secondary N) is 1. The Labute approximate surface area is 104 Å². The number of hydrogen-bond acceptors (Lipinski definition) is 5. The number of aliphatic hydroxyl groups excluding tert-OH is 1. The number of ether oxygens (including phenoxy) is 3. The molecule has 1 unspecified atom stereocenters. The highest BCUT2D eigenvalue weighted by Crippen LogP contribution is 2.43. The fraction of sp³-hybridized carbons (Fsp3) is 0.500. The minimum absolute atomic E-state index is 0.0319. The summed E-state index contributed by atoms with van der Waals surface area (Å²) in [5.41, 5.74) is 0.0680. The predicted molar refractivity (Wildman–Crippen MR) is 62.8 cm³/mol. The minimum atomic E-state index is -1.03. The smallest absolute Gasteiger partial charge is 0.174 e. The molecule has 2 N–H and O–H groups in total. The van der Waals surface area contributed by atoms with Gasteiger partial charge in [-0.1, -0.05) is 0 Å². The number of rotatable bonds is 4. The third kappa shape index (κ3) is 2.21. The van der Waals surface area contributed by atoms with Crippen molar-refractivity contribution in [1.29, 1.82) is 0 Å². The molecule has 0 saturated heterocycles. The number of likely N-dealkylation sites (N-methyl/N-ethyl adjacent to an activating group) is 1. The zero-order chi connectivity index (χ0) is 13.1. The SMILES string of the molecule is CNCC(O)c1c(F)c(OC)cc2c1OCCO2. The van der Waals surface area contributed by atoms with Crippen LogP contribution >= 0.6 is 0 Å². The van der Waals surface area contributed by atoms with Crippen molar-refractivity contribution in [2.75, 3.05) is 33.9 Å². The third-order valence-corrected chi connectivity index (χ3v) is 2.72. The Morgan fingerprint density at radius 1 is 1.50 bits per heavy atom. The second-order valence-electron chi connectivity index (χ2n) is 3.90. The first-order valence-electron chi connectivity index (χ1n) is 5.67. The zero-order valence-corrected chi connectivity index (χ0v) is 10.3. The van der Waals surface area contributed by atoms with E-state index < -0.39 is 11.9 Å². The largest absolute Gasteiger partial charge is 0.494 e. The molecule has 6 heteroatoms. The molecule has 0 radical (unpaired) electrons. The number of halogens is 1. The van der Waals surface area contributed by atoms with Crippen molar-refractivity contribution < 1.29 is 23.7 Å².